The molecule has 7 unspecified atom stereocenters. The fourth-order valence-corrected chi connectivity index (χ4v) is 14.2. The molecule has 0 radical (unpaired) electrons. The maximum atomic E-state index is 12.4. The number of carbonyl (C=O) groups is 5. The predicted octanol–water partition coefficient (Wildman–Crippen LogP) is 17.8. The van der Waals surface area contributed by atoms with Gasteiger partial charge >= 0.3 is 0 Å². The number of ether oxygens (including phenoxy) is 5. The van der Waals surface area contributed by atoms with Crippen LogP contribution in [-0.4, -0.2) is 121 Å². The molecular formula is C83H153N5O10. The second kappa shape index (κ2) is 42.0. The first-order chi connectivity index (χ1) is 45.6. The van der Waals surface area contributed by atoms with Gasteiger partial charge in [0, 0.05) is 34.1 Å². The van der Waals surface area contributed by atoms with Gasteiger partial charge in [0.1, 0.15) is 30.5 Å². The zero-order chi connectivity index (χ0) is 73.1. The van der Waals surface area contributed by atoms with E-state index in [2.05, 4.69) is 60.9 Å². The van der Waals surface area contributed by atoms with E-state index in [1.54, 1.807) is 0 Å². The molecule has 0 bridgehead atoms. The van der Waals surface area contributed by atoms with Crippen LogP contribution >= 0.6 is 0 Å². The van der Waals surface area contributed by atoms with E-state index in [9.17, 15) is 24.0 Å². The van der Waals surface area contributed by atoms with Gasteiger partial charge in [-0.15, -0.1) is 6.58 Å². The van der Waals surface area contributed by atoms with E-state index in [1.165, 1.54) is 167 Å². The van der Waals surface area contributed by atoms with Gasteiger partial charge in [0.05, 0.1) is 33.0 Å². The third kappa shape index (κ3) is 41.3. The van der Waals surface area contributed by atoms with Crippen molar-refractivity contribution in [2.75, 3.05) is 33.0 Å². The van der Waals surface area contributed by atoms with Crippen molar-refractivity contribution in [3.63, 3.8) is 0 Å². The zero-order valence-electron chi connectivity index (χ0n) is 66.8. The average Bonchev–Trinajstić information content (AvgIpc) is 1.71. The van der Waals surface area contributed by atoms with Gasteiger partial charge in [-0.25, -0.2) is 0 Å². The van der Waals surface area contributed by atoms with Crippen LogP contribution in [0.25, 0.3) is 0 Å². The number of hydrogen-bond donors (Lipinski definition) is 5. The number of carbonyl (C=O) groups excluding carboxylic acids is 5. The highest BCUT2D eigenvalue weighted by molar-refractivity contribution is 5.83. The van der Waals surface area contributed by atoms with Crippen molar-refractivity contribution in [2.45, 2.75) is 396 Å². The molecule has 0 aromatic carbocycles. The first-order valence-corrected chi connectivity index (χ1v) is 39.9. The highest BCUT2D eigenvalue weighted by Gasteiger charge is 2.39. The molecule has 8 aliphatic rings. The minimum Gasteiger partial charge on any atom is -0.368 e. The van der Waals surface area contributed by atoms with E-state index in [0.29, 0.717) is 54.5 Å². The number of amides is 5. The molecule has 7 atom stereocenters. The summed E-state index contributed by atoms with van der Waals surface area (Å²) in [5.74, 6) is 6.48. The van der Waals surface area contributed by atoms with Gasteiger partial charge < -0.3 is 50.3 Å². The summed E-state index contributed by atoms with van der Waals surface area (Å²) < 4.78 is 29.9. The van der Waals surface area contributed by atoms with Crippen molar-refractivity contribution >= 4 is 29.5 Å². The Morgan fingerprint density at radius 3 is 0.786 bits per heavy atom. The summed E-state index contributed by atoms with van der Waals surface area (Å²) in [6.07, 6.45) is 36.1. The molecule has 0 aliphatic heterocycles. The lowest BCUT2D eigenvalue weighted by Gasteiger charge is -2.31. The Hall–Kier alpha value is -3.11. The second-order valence-electron chi connectivity index (χ2n) is 38.4. The molecule has 0 aromatic heterocycles. The molecule has 570 valence electrons. The standard InChI is InChI=1S/2C17H31NO2.C17H33NO2.2C16H29NO2/c1-12-9-14(12)10-15(16(19)18-17(2,3)4)20-11-13-7-5-6-8-13;1-17(2,3)18-16(19)15(11-13-9-6-10-13)20-12-14-7-4-5-8-14;1-16(2,3)11-14(15(19)18-17(4,5)6)20-12-13-9-7-8-10-13;1-16(2,3)17-15(18)14(10-12-8-9-12)19-11-13-6-4-5-7-13;1-12(2)10-14(15(18)17-16(3,4)5)19-11-13-8-6-7-9-13/h12-15H,5-11H2,1-4H3,(H,18,19);13-15H,4-12H2,1-3H3,(H,18,19);13-14H,7-12H2,1-6H3,(H,18,19);12-14H,4-11H2,1-3H3,(H,17,18);13-14H,1,6-11H2,2-5H3,(H,17,18). The van der Waals surface area contributed by atoms with Crippen LogP contribution in [0.4, 0.5) is 0 Å². The van der Waals surface area contributed by atoms with Gasteiger partial charge in [-0.3, -0.25) is 24.0 Å². The molecule has 5 amide bonds. The lowest BCUT2D eigenvalue weighted by atomic mass is 9.81. The van der Waals surface area contributed by atoms with Crippen LogP contribution in [0.1, 0.15) is 338 Å². The molecular weight excluding hydrogens is 1230 g/mol. The van der Waals surface area contributed by atoms with Crippen LogP contribution in [0.5, 0.6) is 0 Å². The van der Waals surface area contributed by atoms with E-state index in [4.69, 9.17) is 23.7 Å². The molecule has 15 heteroatoms. The Bertz CT molecular complexity index is 2240. The van der Waals surface area contributed by atoms with E-state index in [0.717, 1.165) is 69.5 Å². The molecule has 15 nitrogen and oxygen atoms in total. The maximum Gasteiger partial charge on any atom is 0.249 e. The molecule has 8 fully saturated rings. The molecule has 8 aliphatic carbocycles. The summed E-state index contributed by atoms with van der Waals surface area (Å²) in [6.45, 7) is 48.5. The van der Waals surface area contributed by atoms with Gasteiger partial charge in [-0.2, -0.15) is 0 Å². The summed E-state index contributed by atoms with van der Waals surface area (Å²) >= 11 is 0. The largest absolute Gasteiger partial charge is 0.368 e. The smallest absolute Gasteiger partial charge is 0.249 e. The lowest BCUT2D eigenvalue weighted by molar-refractivity contribution is -0.137. The third-order valence-electron chi connectivity index (χ3n) is 20.1. The van der Waals surface area contributed by atoms with Crippen molar-refractivity contribution in [3.05, 3.63) is 12.2 Å². The van der Waals surface area contributed by atoms with E-state index in [-0.39, 0.29) is 87.1 Å². The maximum absolute atomic E-state index is 12.4. The van der Waals surface area contributed by atoms with E-state index in [1.807, 2.05) is 111 Å². The van der Waals surface area contributed by atoms with Crippen molar-refractivity contribution in [2.24, 2.45) is 58.7 Å². The number of nitrogens with one attached hydrogen (secondary N) is 5. The van der Waals surface area contributed by atoms with Crippen LogP contribution < -0.4 is 26.6 Å². The first kappa shape index (κ1) is 87.3. The molecule has 98 heavy (non-hydrogen) atoms. The highest BCUT2D eigenvalue weighted by atomic mass is 16.5. The average molecular weight is 1380 g/mol. The predicted molar refractivity (Wildman–Crippen MR) is 403 cm³/mol. The highest BCUT2D eigenvalue weighted by Crippen LogP contribution is 2.42. The number of rotatable bonds is 29. The summed E-state index contributed by atoms with van der Waals surface area (Å²) in [4.78, 5) is 61.7. The fourth-order valence-electron chi connectivity index (χ4n) is 14.2. The van der Waals surface area contributed by atoms with Crippen LogP contribution in [0.15, 0.2) is 12.2 Å². The molecule has 0 saturated heterocycles. The second-order valence-corrected chi connectivity index (χ2v) is 38.4. The van der Waals surface area contributed by atoms with Gasteiger partial charge in [0.25, 0.3) is 0 Å². The molecule has 0 spiro atoms. The van der Waals surface area contributed by atoms with Crippen molar-refractivity contribution in [1.29, 1.82) is 0 Å². The topological polar surface area (TPSA) is 192 Å². The Labute approximate surface area is 600 Å². The number of hydrogen-bond acceptors (Lipinski definition) is 10. The molecule has 0 aromatic rings. The zero-order valence-corrected chi connectivity index (χ0v) is 66.8. The summed E-state index contributed by atoms with van der Waals surface area (Å²) in [6, 6.07) is 0. The van der Waals surface area contributed by atoms with E-state index >= 15 is 0 Å². The Morgan fingerprint density at radius 1 is 0.337 bits per heavy atom. The Balaban J connectivity index is 0.000000260. The SMILES string of the molecule is C=C(C)CC(OCC1CCCC1)C(=O)NC(C)(C)C.CC(C)(C)CC(OCC1CCCC1)C(=O)NC(C)(C)C.CC(C)(C)NC(=O)C(CC1CC1)OCC1CCCC1.CC(C)(C)NC(=O)C(CC1CCC1)OCC1CCCC1.CC1CC1CC(OCC1CCCC1)C(=O)NC(C)(C)C. The third-order valence-corrected chi connectivity index (χ3v) is 20.1. The normalized spacial score (nSPS) is 22.2. The van der Waals surface area contributed by atoms with Gasteiger partial charge in [-0.1, -0.05) is 130 Å². The Morgan fingerprint density at radius 2 is 0.561 bits per heavy atom. The van der Waals surface area contributed by atoms with Crippen molar-refractivity contribution in [3.8, 4) is 0 Å². The van der Waals surface area contributed by atoms with E-state index < -0.39 is 6.10 Å². The van der Waals surface area contributed by atoms with Crippen LogP contribution in [0.3, 0.4) is 0 Å². The van der Waals surface area contributed by atoms with Crippen LogP contribution in [0.2, 0.25) is 0 Å². The van der Waals surface area contributed by atoms with Gasteiger partial charge in [0.2, 0.25) is 29.5 Å². The molecule has 8 rings (SSSR count). The molecule has 5 N–H and O–H groups in total. The fraction of sp³-hybridized carbons (Fsp3) is 0.916. The lowest BCUT2D eigenvalue weighted by Crippen LogP contribution is -2.48. The van der Waals surface area contributed by atoms with Crippen molar-refractivity contribution in [1.82, 2.24) is 26.6 Å². The Kier molecular flexibility index (Phi) is 37.4. The van der Waals surface area contributed by atoms with Crippen LogP contribution in [0, 0.1) is 58.7 Å². The minimum atomic E-state index is -0.391. The minimum absolute atomic E-state index is 0.0199. The van der Waals surface area contributed by atoms with Crippen LogP contribution in [-0.2, 0) is 47.7 Å². The first-order valence-electron chi connectivity index (χ1n) is 39.9. The quantitative estimate of drug-likeness (QED) is 0.0450. The summed E-state index contributed by atoms with van der Waals surface area (Å²) in [5, 5.41) is 15.3. The molecule has 8 saturated carbocycles. The monoisotopic (exact) mass is 1380 g/mol. The summed E-state index contributed by atoms with van der Waals surface area (Å²) in [7, 11) is 0. The summed E-state index contributed by atoms with van der Waals surface area (Å²) in [5.41, 5.74) is 0.129. The van der Waals surface area contributed by atoms with Crippen molar-refractivity contribution < 1.29 is 47.7 Å². The van der Waals surface area contributed by atoms with Gasteiger partial charge in [-0.05, 0) is 266 Å². The molecule has 0 heterocycles. The van der Waals surface area contributed by atoms with Gasteiger partial charge in [0.15, 0.2) is 0 Å².